The van der Waals surface area contributed by atoms with E-state index in [-0.39, 0.29) is 17.9 Å². The fraction of sp³-hybridized carbons (Fsp3) is 0.529. The highest BCUT2D eigenvalue weighted by molar-refractivity contribution is 7.99. The number of rotatable bonds is 7. The number of hydrogen-bond acceptors (Lipinski definition) is 6. The second-order valence-corrected chi connectivity index (χ2v) is 6.86. The van der Waals surface area contributed by atoms with Crippen LogP contribution >= 0.6 is 11.8 Å². The molecule has 6 nitrogen and oxygen atoms in total. The average molecular weight is 406 g/mol. The first-order chi connectivity index (χ1) is 12.8. The smallest absolute Gasteiger partial charge is 0.418 e. The number of hydrogen-bond donors (Lipinski definition) is 1. The zero-order valence-corrected chi connectivity index (χ0v) is 15.6. The lowest BCUT2D eigenvalue weighted by Gasteiger charge is -2.29. The molecule has 1 fully saturated rings. The van der Waals surface area contributed by atoms with Crippen molar-refractivity contribution in [2.45, 2.75) is 12.6 Å². The summed E-state index contributed by atoms with van der Waals surface area (Å²) in [6.45, 7) is 1.95. The van der Waals surface area contributed by atoms with Gasteiger partial charge >= 0.3 is 12.1 Å². The van der Waals surface area contributed by atoms with Crippen molar-refractivity contribution in [1.82, 2.24) is 0 Å². The molecular formula is C17H21F3N2O4S. The summed E-state index contributed by atoms with van der Waals surface area (Å²) in [6.07, 6.45) is -4.60. The summed E-state index contributed by atoms with van der Waals surface area (Å²) < 4.78 is 50.0. The van der Waals surface area contributed by atoms with Crippen LogP contribution in [0, 0.1) is 0 Å². The maximum atomic E-state index is 13.4. The maximum Gasteiger partial charge on any atom is 0.418 e. The summed E-state index contributed by atoms with van der Waals surface area (Å²) in [4.78, 5) is 24.8. The number of morpholine rings is 1. The van der Waals surface area contributed by atoms with Crippen molar-refractivity contribution in [3.63, 3.8) is 0 Å². The third-order valence-electron chi connectivity index (χ3n) is 3.88. The fourth-order valence-electron chi connectivity index (χ4n) is 2.49. The van der Waals surface area contributed by atoms with Crippen molar-refractivity contribution in [2.75, 3.05) is 55.1 Å². The Morgan fingerprint density at radius 1 is 1.30 bits per heavy atom. The molecule has 0 spiro atoms. The molecule has 0 bridgehead atoms. The summed E-state index contributed by atoms with van der Waals surface area (Å²) in [7, 11) is 1.26. The van der Waals surface area contributed by atoms with E-state index in [1.54, 1.807) is 6.07 Å². The molecule has 1 amide bonds. The van der Waals surface area contributed by atoms with E-state index in [2.05, 4.69) is 10.1 Å². The van der Waals surface area contributed by atoms with Gasteiger partial charge in [-0.1, -0.05) is 0 Å². The zero-order valence-electron chi connectivity index (χ0n) is 14.8. The summed E-state index contributed by atoms with van der Waals surface area (Å²) in [5.41, 5.74) is -0.721. The van der Waals surface area contributed by atoms with Crippen molar-refractivity contribution < 1.29 is 32.2 Å². The van der Waals surface area contributed by atoms with Gasteiger partial charge < -0.3 is 19.7 Å². The van der Waals surface area contributed by atoms with Gasteiger partial charge in [0.1, 0.15) is 0 Å². The van der Waals surface area contributed by atoms with Gasteiger partial charge in [0.2, 0.25) is 5.91 Å². The van der Waals surface area contributed by atoms with Crippen LogP contribution < -0.4 is 10.2 Å². The first-order valence-corrected chi connectivity index (χ1v) is 9.45. The summed E-state index contributed by atoms with van der Waals surface area (Å²) in [5.74, 6) is -0.574. The average Bonchev–Trinajstić information content (AvgIpc) is 2.65. The van der Waals surface area contributed by atoms with Gasteiger partial charge in [-0.15, -0.1) is 11.8 Å². The van der Waals surface area contributed by atoms with Crippen LogP contribution in [0.25, 0.3) is 0 Å². The van der Waals surface area contributed by atoms with Crippen LogP contribution in [0.15, 0.2) is 18.2 Å². The Labute approximate surface area is 159 Å². The van der Waals surface area contributed by atoms with E-state index in [4.69, 9.17) is 4.74 Å². The topological polar surface area (TPSA) is 67.9 Å². The molecular weight excluding hydrogens is 385 g/mol. The van der Waals surface area contributed by atoms with Gasteiger partial charge in [0.25, 0.3) is 0 Å². The van der Waals surface area contributed by atoms with Crippen LogP contribution in [-0.4, -0.2) is 56.8 Å². The van der Waals surface area contributed by atoms with E-state index in [9.17, 15) is 22.8 Å². The van der Waals surface area contributed by atoms with Crippen LogP contribution in [0.3, 0.4) is 0 Å². The van der Waals surface area contributed by atoms with Gasteiger partial charge in [-0.3, -0.25) is 9.59 Å². The van der Waals surface area contributed by atoms with E-state index in [1.165, 1.54) is 24.9 Å². The number of halogens is 3. The van der Waals surface area contributed by atoms with E-state index in [0.29, 0.717) is 37.7 Å². The number of nitrogens with zero attached hydrogens (tertiary/aromatic N) is 1. The highest BCUT2D eigenvalue weighted by atomic mass is 32.2. The number of amides is 1. The van der Waals surface area contributed by atoms with Gasteiger partial charge in [-0.2, -0.15) is 13.2 Å². The number of ether oxygens (including phenoxy) is 2. The highest BCUT2D eigenvalue weighted by Gasteiger charge is 2.34. The molecule has 0 saturated carbocycles. The third kappa shape index (κ3) is 6.62. The monoisotopic (exact) mass is 406 g/mol. The predicted octanol–water partition coefficient (Wildman–Crippen LogP) is 2.78. The number of anilines is 2. The number of benzene rings is 1. The Morgan fingerprint density at radius 3 is 2.63 bits per heavy atom. The molecule has 1 aliphatic rings. The second kappa shape index (κ2) is 9.84. The van der Waals surface area contributed by atoms with E-state index >= 15 is 0 Å². The normalized spacial score (nSPS) is 14.7. The SMILES string of the molecule is COC(=O)CSCCC(=O)Nc1ccc(N2CCOCC2)cc1C(F)(F)F. The van der Waals surface area contributed by atoms with Crippen molar-refractivity contribution in [1.29, 1.82) is 0 Å². The van der Waals surface area contributed by atoms with Crippen LogP contribution in [0.1, 0.15) is 12.0 Å². The lowest BCUT2D eigenvalue weighted by molar-refractivity contribution is -0.138. The van der Waals surface area contributed by atoms with E-state index in [0.717, 1.165) is 6.07 Å². The molecule has 10 heteroatoms. The highest BCUT2D eigenvalue weighted by Crippen LogP contribution is 2.37. The van der Waals surface area contributed by atoms with Crippen LogP contribution in [0.2, 0.25) is 0 Å². The summed E-state index contributed by atoms with van der Waals surface area (Å²) >= 11 is 1.18. The minimum atomic E-state index is -4.59. The number of esters is 1. The van der Waals surface area contributed by atoms with Gasteiger partial charge in [0, 0.05) is 31.0 Å². The molecule has 1 saturated heterocycles. The zero-order chi connectivity index (χ0) is 19.9. The first-order valence-electron chi connectivity index (χ1n) is 8.29. The third-order valence-corrected chi connectivity index (χ3v) is 4.81. The summed E-state index contributed by atoms with van der Waals surface area (Å²) in [5, 5.41) is 2.32. The van der Waals surface area contributed by atoms with Crippen molar-refractivity contribution in [2.24, 2.45) is 0 Å². The standard InChI is InChI=1S/C17H21F3N2O4S/c1-25-16(24)11-27-9-4-15(23)21-14-3-2-12(10-13(14)17(18,19)20)22-5-7-26-8-6-22/h2-3,10H,4-9,11H2,1H3,(H,21,23). The number of thioether (sulfide) groups is 1. The lowest BCUT2D eigenvalue weighted by Crippen LogP contribution is -2.36. The van der Waals surface area contributed by atoms with E-state index in [1.807, 2.05) is 4.90 Å². The van der Waals surface area contributed by atoms with Crippen LogP contribution in [0.5, 0.6) is 0 Å². The minimum absolute atomic E-state index is 0.00975. The molecule has 0 aliphatic carbocycles. The second-order valence-electron chi connectivity index (χ2n) is 5.75. The summed E-state index contributed by atoms with van der Waals surface area (Å²) in [6, 6.07) is 3.88. The Hall–Kier alpha value is -1.94. The molecule has 150 valence electrons. The van der Waals surface area contributed by atoms with Gasteiger partial charge in [-0.05, 0) is 18.2 Å². The molecule has 27 heavy (non-hydrogen) atoms. The lowest BCUT2D eigenvalue weighted by atomic mass is 10.1. The molecule has 1 N–H and O–H groups in total. The number of alkyl halides is 3. The molecule has 1 heterocycles. The molecule has 2 rings (SSSR count). The fourth-order valence-corrected chi connectivity index (χ4v) is 3.24. The number of carbonyl (C=O) groups excluding carboxylic acids is 2. The number of nitrogens with one attached hydrogen (secondary N) is 1. The predicted molar refractivity (Wildman–Crippen MR) is 97.1 cm³/mol. The van der Waals surface area contributed by atoms with Gasteiger partial charge in [0.05, 0.1) is 37.3 Å². The Kier molecular flexibility index (Phi) is 7.78. The molecule has 0 atom stereocenters. The van der Waals surface area contributed by atoms with Crippen LogP contribution in [-0.2, 0) is 25.2 Å². The molecule has 1 aliphatic heterocycles. The molecule has 0 unspecified atom stereocenters. The molecule has 0 radical (unpaired) electrons. The van der Waals surface area contributed by atoms with Gasteiger partial charge in [-0.25, -0.2) is 0 Å². The van der Waals surface area contributed by atoms with E-state index < -0.39 is 23.6 Å². The quantitative estimate of drug-likeness (QED) is 0.555. The largest absolute Gasteiger partial charge is 0.468 e. The first kappa shape index (κ1) is 21.4. The Morgan fingerprint density at radius 2 is 2.00 bits per heavy atom. The minimum Gasteiger partial charge on any atom is -0.468 e. The van der Waals surface area contributed by atoms with Crippen molar-refractivity contribution in [3.05, 3.63) is 23.8 Å². The number of methoxy groups -OCH3 is 1. The van der Waals surface area contributed by atoms with Crippen LogP contribution in [0.4, 0.5) is 24.5 Å². The Bertz CT molecular complexity index is 664. The van der Waals surface area contributed by atoms with Gasteiger partial charge in [0.15, 0.2) is 0 Å². The maximum absolute atomic E-state index is 13.4. The van der Waals surface area contributed by atoms with Crippen molar-refractivity contribution >= 4 is 35.0 Å². The molecule has 1 aromatic rings. The van der Waals surface area contributed by atoms with Crippen molar-refractivity contribution in [3.8, 4) is 0 Å². The molecule has 0 aromatic heterocycles. The Balaban J connectivity index is 2.02. The molecule has 1 aromatic carbocycles. The number of carbonyl (C=O) groups is 2.